The van der Waals surface area contributed by atoms with Crippen LogP contribution in [0.15, 0.2) is 47.1 Å². The maximum atomic E-state index is 3.57. The minimum absolute atomic E-state index is 1.11. The Balaban J connectivity index is 2.20. The zero-order chi connectivity index (χ0) is 10.9. The van der Waals surface area contributed by atoms with Crippen molar-refractivity contribution < 1.29 is 0 Å². The lowest BCUT2D eigenvalue weighted by Gasteiger charge is -2.03. The summed E-state index contributed by atoms with van der Waals surface area (Å²) in [5, 5.41) is 0. The lowest BCUT2D eigenvalue weighted by atomic mass is 10.1. The third-order valence-electron chi connectivity index (χ3n) is 2.40. The Hall–Kier alpha value is -0.780. The van der Waals surface area contributed by atoms with E-state index in [-0.39, 0.29) is 0 Å². The molecule has 0 aliphatic carbocycles. The first-order valence-electron chi connectivity index (χ1n) is 5.42. The third-order valence-corrected chi connectivity index (χ3v) is 3.17. The van der Waals surface area contributed by atoms with Crippen LogP contribution in [0.4, 0.5) is 0 Å². The van der Waals surface area contributed by atoms with Crippen molar-refractivity contribution in [2.45, 2.75) is 32.1 Å². The zero-order valence-electron chi connectivity index (χ0n) is 9.01. The van der Waals surface area contributed by atoms with Crippen LogP contribution in [-0.2, 0) is 6.42 Å². The summed E-state index contributed by atoms with van der Waals surface area (Å²) in [4.78, 5) is 0. The second-order valence-electron chi connectivity index (χ2n) is 3.60. The highest BCUT2D eigenvalue weighted by molar-refractivity contribution is 9.10. The van der Waals surface area contributed by atoms with Gasteiger partial charge in [-0.2, -0.15) is 0 Å². The third kappa shape index (κ3) is 5.01. The second kappa shape index (κ2) is 7.50. The molecule has 15 heavy (non-hydrogen) atoms. The normalized spacial score (nSPS) is 9.67. The van der Waals surface area contributed by atoms with Crippen LogP contribution in [0.2, 0.25) is 0 Å². The maximum Gasteiger partial charge on any atom is 0.0207 e. The van der Waals surface area contributed by atoms with Crippen molar-refractivity contribution in [3.8, 4) is 0 Å². The molecule has 0 unspecified atom stereocenters. The average molecular weight is 265 g/mol. The molecule has 0 aromatic heterocycles. The Morgan fingerprint density at radius 3 is 2.73 bits per heavy atom. The predicted molar refractivity (Wildman–Crippen MR) is 70.0 cm³/mol. The van der Waals surface area contributed by atoms with Gasteiger partial charge in [0.15, 0.2) is 0 Å². The average Bonchev–Trinajstić information content (AvgIpc) is 2.25. The number of unbranched alkanes of at least 4 members (excludes halogenated alkanes) is 3. The predicted octanol–water partition coefficient (Wildman–Crippen LogP) is 4.89. The number of hydrogen-bond donors (Lipinski definition) is 0. The van der Waals surface area contributed by atoms with E-state index in [1.54, 1.807) is 0 Å². The highest BCUT2D eigenvalue weighted by atomic mass is 79.9. The lowest BCUT2D eigenvalue weighted by molar-refractivity contribution is 0.686. The smallest absolute Gasteiger partial charge is 0.0207 e. The van der Waals surface area contributed by atoms with Crippen LogP contribution in [0.1, 0.15) is 31.2 Å². The summed E-state index contributed by atoms with van der Waals surface area (Å²) in [5.74, 6) is 0. The van der Waals surface area contributed by atoms with Crippen LogP contribution in [0, 0.1) is 0 Å². The minimum atomic E-state index is 1.11. The maximum absolute atomic E-state index is 3.57. The van der Waals surface area contributed by atoms with Crippen LogP contribution in [0.5, 0.6) is 0 Å². The van der Waals surface area contributed by atoms with Crippen LogP contribution in [-0.4, -0.2) is 0 Å². The molecule has 0 nitrogen and oxygen atoms in total. The van der Waals surface area contributed by atoms with Gasteiger partial charge in [0.1, 0.15) is 0 Å². The van der Waals surface area contributed by atoms with Crippen molar-refractivity contribution in [3.63, 3.8) is 0 Å². The van der Waals surface area contributed by atoms with E-state index in [0.29, 0.717) is 0 Å². The van der Waals surface area contributed by atoms with Gasteiger partial charge in [0.05, 0.1) is 0 Å². The van der Waals surface area contributed by atoms with Crippen molar-refractivity contribution in [2.24, 2.45) is 0 Å². The number of aryl methyl sites for hydroxylation is 1. The number of halogens is 1. The fourth-order valence-electron chi connectivity index (χ4n) is 1.54. The van der Waals surface area contributed by atoms with Gasteiger partial charge < -0.3 is 0 Å². The van der Waals surface area contributed by atoms with E-state index >= 15 is 0 Å². The summed E-state index contributed by atoms with van der Waals surface area (Å²) in [5.41, 5.74) is 4.22. The monoisotopic (exact) mass is 264 g/mol. The molecule has 0 N–H and O–H groups in total. The molecule has 0 aliphatic heterocycles. The molecule has 0 radical (unpaired) electrons. The fraction of sp³-hybridized carbons (Fsp3) is 0.357. The van der Waals surface area contributed by atoms with E-state index < -0.39 is 0 Å². The molecular weight excluding hydrogens is 248 g/mol. The molecule has 80 valence electrons. The van der Waals surface area contributed by atoms with Gasteiger partial charge in [0.2, 0.25) is 0 Å². The molecule has 0 amide bonds. The summed E-state index contributed by atoms with van der Waals surface area (Å²) in [6.07, 6.45) is 8.07. The van der Waals surface area contributed by atoms with E-state index in [2.05, 4.69) is 52.5 Å². The van der Waals surface area contributed by atoms with Crippen LogP contribution < -0.4 is 0 Å². The van der Waals surface area contributed by atoms with Crippen molar-refractivity contribution in [1.29, 1.82) is 0 Å². The largest absolute Gasteiger partial charge is 0.133 e. The van der Waals surface area contributed by atoms with E-state index in [0.717, 1.165) is 6.42 Å². The highest BCUT2D eigenvalue weighted by Gasteiger charge is 1.97. The lowest BCUT2D eigenvalue weighted by Crippen LogP contribution is -1.86. The van der Waals surface area contributed by atoms with Crippen LogP contribution in [0.3, 0.4) is 0 Å². The first kappa shape index (κ1) is 12.3. The van der Waals surface area contributed by atoms with Gasteiger partial charge in [-0.1, -0.05) is 47.1 Å². The quantitative estimate of drug-likeness (QED) is 0.507. The molecule has 0 saturated carbocycles. The fourth-order valence-corrected chi connectivity index (χ4v) is 2.02. The summed E-state index contributed by atoms with van der Waals surface area (Å²) >= 11 is 3.57. The van der Waals surface area contributed by atoms with Crippen molar-refractivity contribution >= 4 is 15.9 Å². The summed E-state index contributed by atoms with van der Waals surface area (Å²) < 4.78 is 1.23. The Morgan fingerprint density at radius 2 is 2.00 bits per heavy atom. The molecule has 0 heterocycles. The van der Waals surface area contributed by atoms with E-state index in [4.69, 9.17) is 0 Å². The number of hydrogen-bond acceptors (Lipinski definition) is 0. The van der Waals surface area contributed by atoms with Gasteiger partial charge in [0.25, 0.3) is 0 Å². The second-order valence-corrected chi connectivity index (χ2v) is 4.45. The molecule has 1 rings (SSSR count). The van der Waals surface area contributed by atoms with Crippen molar-refractivity contribution in [2.75, 3.05) is 0 Å². The van der Waals surface area contributed by atoms with Gasteiger partial charge in [-0.3, -0.25) is 0 Å². The molecule has 0 fully saturated rings. The topological polar surface area (TPSA) is 0 Å². The molecule has 0 spiro atoms. The molecule has 1 aromatic rings. The van der Waals surface area contributed by atoms with Crippen molar-refractivity contribution in [1.82, 2.24) is 0 Å². The van der Waals surface area contributed by atoms with Crippen LogP contribution >= 0.6 is 15.9 Å². The SMILES string of the molecule is C=C=CCCCCCc1ccccc1Br. The van der Waals surface area contributed by atoms with E-state index in [1.165, 1.54) is 35.7 Å². The zero-order valence-corrected chi connectivity index (χ0v) is 10.6. The standard InChI is InChI=1S/C14H17Br/c1-2-3-4-5-6-7-10-13-11-8-9-12-14(13)15/h3,8-9,11-12H,1,4-7,10H2. The van der Waals surface area contributed by atoms with Gasteiger partial charge >= 0.3 is 0 Å². The molecule has 0 aliphatic rings. The first-order valence-corrected chi connectivity index (χ1v) is 6.21. The Morgan fingerprint density at radius 1 is 1.20 bits per heavy atom. The Bertz CT molecular complexity index is 335. The summed E-state index contributed by atoms with van der Waals surface area (Å²) in [6.45, 7) is 3.55. The molecule has 1 heteroatoms. The van der Waals surface area contributed by atoms with Crippen molar-refractivity contribution in [3.05, 3.63) is 52.7 Å². The number of rotatable bonds is 6. The van der Waals surface area contributed by atoms with Gasteiger partial charge in [0, 0.05) is 4.47 Å². The van der Waals surface area contributed by atoms with Gasteiger partial charge in [-0.05, 0) is 43.4 Å². The molecule has 0 saturated heterocycles. The van der Waals surface area contributed by atoms with Gasteiger partial charge in [-0.15, -0.1) is 5.73 Å². The molecule has 0 bridgehead atoms. The molecular formula is C14H17Br. The highest BCUT2D eigenvalue weighted by Crippen LogP contribution is 2.18. The number of allylic oxidation sites excluding steroid dienone is 1. The summed E-state index contributed by atoms with van der Waals surface area (Å²) in [6, 6.07) is 8.45. The van der Waals surface area contributed by atoms with E-state index in [1.807, 2.05) is 6.08 Å². The Kier molecular flexibility index (Phi) is 6.15. The minimum Gasteiger partial charge on any atom is -0.133 e. The molecule has 1 aromatic carbocycles. The summed E-state index contributed by atoms with van der Waals surface area (Å²) in [7, 11) is 0. The van der Waals surface area contributed by atoms with Gasteiger partial charge in [-0.25, -0.2) is 0 Å². The Labute approximate surface area is 101 Å². The van der Waals surface area contributed by atoms with Crippen LogP contribution in [0.25, 0.3) is 0 Å². The molecule has 0 atom stereocenters. The first-order chi connectivity index (χ1) is 7.34. The van der Waals surface area contributed by atoms with E-state index in [9.17, 15) is 0 Å². The number of benzene rings is 1.